The molecule has 0 saturated heterocycles. The van der Waals surface area contributed by atoms with Crippen LogP contribution in [0.1, 0.15) is 24.7 Å². The van der Waals surface area contributed by atoms with Crippen LogP contribution in [0.3, 0.4) is 0 Å². The molecule has 100 valence electrons. The summed E-state index contributed by atoms with van der Waals surface area (Å²) in [4.78, 5) is 8.77. The van der Waals surface area contributed by atoms with Crippen molar-refractivity contribution in [3.05, 3.63) is 45.8 Å². The molecule has 19 heavy (non-hydrogen) atoms. The summed E-state index contributed by atoms with van der Waals surface area (Å²) in [6, 6.07) is 7.49. The van der Waals surface area contributed by atoms with Crippen molar-refractivity contribution in [3.63, 3.8) is 0 Å². The lowest BCUT2D eigenvalue weighted by Crippen LogP contribution is -2.03. The van der Waals surface area contributed by atoms with Gasteiger partial charge in [0.25, 0.3) is 0 Å². The first-order valence-corrected chi connectivity index (χ1v) is 6.91. The predicted molar refractivity (Wildman–Crippen MR) is 80.5 cm³/mol. The fraction of sp³-hybridized carbons (Fsp3) is 0.286. The standard InChI is InChI=1S/C14H15Cl2N3/c1-3-5-12-18-13(16)9(2)14(19-12)17-11-7-4-6-10(15)8-11/h4,6-8H,3,5H2,1-2H3,(H,17,18,19). The summed E-state index contributed by atoms with van der Waals surface area (Å²) in [6.07, 6.45) is 1.79. The molecule has 0 aliphatic heterocycles. The highest BCUT2D eigenvalue weighted by Gasteiger charge is 2.09. The molecule has 0 radical (unpaired) electrons. The lowest BCUT2D eigenvalue weighted by atomic mass is 10.2. The highest BCUT2D eigenvalue weighted by molar-refractivity contribution is 6.31. The molecule has 1 aromatic heterocycles. The Bertz CT molecular complexity index is 585. The Kier molecular flexibility index (Phi) is 4.61. The van der Waals surface area contributed by atoms with E-state index in [-0.39, 0.29) is 0 Å². The van der Waals surface area contributed by atoms with Gasteiger partial charge in [-0.2, -0.15) is 0 Å². The Balaban J connectivity index is 2.33. The zero-order valence-corrected chi connectivity index (χ0v) is 12.4. The summed E-state index contributed by atoms with van der Waals surface area (Å²) in [5.41, 5.74) is 1.72. The number of aryl methyl sites for hydroxylation is 1. The van der Waals surface area contributed by atoms with Gasteiger partial charge in [0.2, 0.25) is 0 Å². The number of nitrogens with one attached hydrogen (secondary N) is 1. The minimum Gasteiger partial charge on any atom is -0.340 e. The van der Waals surface area contributed by atoms with Crippen molar-refractivity contribution in [2.75, 3.05) is 5.32 Å². The van der Waals surface area contributed by atoms with Crippen molar-refractivity contribution in [3.8, 4) is 0 Å². The zero-order valence-electron chi connectivity index (χ0n) is 10.9. The lowest BCUT2D eigenvalue weighted by Gasteiger charge is -2.11. The maximum atomic E-state index is 6.14. The number of halogens is 2. The molecule has 0 atom stereocenters. The molecular formula is C14H15Cl2N3. The molecule has 1 aromatic carbocycles. The molecule has 0 fully saturated rings. The molecule has 0 aliphatic carbocycles. The largest absolute Gasteiger partial charge is 0.340 e. The molecule has 0 unspecified atom stereocenters. The van der Waals surface area contributed by atoms with E-state index in [0.717, 1.165) is 35.7 Å². The number of rotatable bonds is 4. The van der Waals surface area contributed by atoms with Crippen LogP contribution in [0.2, 0.25) is 10.2 Å². The number of aromatic nitrogens is 2. The molecule has 3 nitrogen and oxygen atoms in total. The Morgan fingerprint density at radius 1 is 1.21 bits per heavy atom. The summed E-state index contributed by atoms with van der Waals surface area (Å²) < 4.78 is 0. The van der Waals surface area contributed by atoms with E-state index in [1.807, 2.05) is 31.2 Å². The van der Waals surface area contributed by atoms with Gasteiger partial charge in [0.05, 0.1) is 0 Å². The SMILES string of the molecule is CCCc1nc(Cl)c(C)c(Nc2cccc(Cl)c2)n1. The highest BCUT2D eigenvalue weighted by atomic mass is 35.5. The zero-order chi connectivity index (χ0) is 13.8. The fourth-order valence-electron chi connectivity index (χ4n) is 1.69. The van der Waals surface area contributed by atoms with E-state index >= 15 is 0 Å². The van der Waals surface area contributed by atoms with Crippen LogP contribution >= 0.6 is 23.2 Å². The van der Waals surface area contributed by atoms with Crippen LogP contribution < -0.4 is 5.32 Å². The second-order valence-corrected chi connectivity index (χ2v) is 5.08. The average molecular weight is 296 g/mol. The summed E-state index contributed by atoms with van der Waals surface area (Å²) in [7, 11) is 0. The Labute approximate surface area is 123 Å². The van der Waals surface area contributed by atoms with E-state index in [4.69, 9.17) is 23.2 Å². The Morgan fingerprint density at radius 3 is 2.68 bits per heavy atom. The molecule has 1 N–H and O–H groups in total. The fourth-order valence-corrected chi connectivity index (χ4v) is 2.07. The van der Waals surface area contributed by atoms with Crippen molar-refractivity contribution in [2.45, 2.75) is 26.7 Å². The van der Waals surface area contributed by atoms with Crippen molar-refractivity contribution in [2.24, 2.45) is 0 Å². The van der Waals surface area contributed by atoms with Gasteiger partial charge in [-0.25, -0.2) is 9.97 Å². The van der Waals surface area contributed by atoms with E-state index in [0.29, 0.717) is 10.2 Å². The highest BCUT2D eigenvalue weighted by Crippen LogP contribution is 2.25. The van der Waals surface area contributed by atoms with Gasteiger partial charge in [0, 0.05) is 22.7 Å². The molecule has 5 heteroatoms. The van der Waals surface area contributed by atoms with E-state index in [1.165, 1.54) is 0 Å². The third-order valence-electron chi connectivity index (χ3n) is 2.69. The van der Waals surface area contributed by atoms with Crippen LogP contribution in [0.5, 0.6) is 0 Å². The van der Waals surface area contributed by atoms with Crippen LogP contribution in [0.25, 0.3) is 0 Å². The molecule has 0 spiro atoms. The first-order valence-electron chi connectivity index (χ1n) is 6.15. The van der Waals surface area contributed by atoms with Gasteiger partial charge in [-0.1, -0.05) is 36.2 Å². The first-order chi connectivity index (χ1) is 9.10. The van der Waals surface area contributed by atoms with Crippen molar-refractivity contribution in [1.82, 2.24) is 9.97 Å². The summed E-state index contributed by atoms with van der Waals surface area (Å²) >= 11 is 12.1. The van der Waals surface area contributed by atoms with Crippen LogP contribution in [-0.2, 0) is 6.42 Å². The van der Waals surface area contributed by atoms with Crippen molar-refractivity contribution in [1.29, 1.82) is 0 Å². The van der Waals surface area contributed by atoms with E-state index in [1.54, 1.807) is 0 Å². The van der Waals surface area contributed by atoms with Gasteiger partial charge in [-0.3, -0.25) is 0 Å². The average Bonchev–Trinajstić information content (AvgIpc) is 2.36. The van der Waals surface area contributed by atoms with E-state index < -0.39 is 0 Å². The minimum atomic E-state index is 0.489. The first kappa shape index (κ1) is 14.1. The van der Waals surface area contributed by atoms with E-state index in [9.17, 15) is 0 Å². The van der Waals surface area contributed by atoms with Gasteiger partial charge in [-0.15, -0.1) is 0 Å². The molecule has 1 heterocycles. The van der Waals surface area contributed by atoms with Crippen LogP contribution in [0.15, 0.2) is 24.3 Å². The number of nitrogens with zero attached hydrogens (tertiary/aromatic N) is 2. The van der Waals surface area contributed by atoms with Gasteiger partial charge >= 0.3 is 0 Å². The summed E-state index contributed by atoms with van der Waals surface area (Å²) in [5.74, 6) is 1.48. The lowest BCUT2D eigenvalue weighted by molar-refractivity contribution is 0.833. The topological polar surface area (TPSA) is 37.8 Å². The van der Waals surface area contributed by atoms with Crippen LogP contribution in [0.4, 0.5) is 11.5 Å². The normalized spacial score (nSPS) is 10.5. The number of hydrogen-bond acceptors (Lipinski definition) is 3. The number of benzene rings is 1. The molecule has 0 amide bonds. The van der Waals surface area contributed by atoms with Gasteiger partial charge in [0.1, 0.15) is 16.8 Å². The number of hydrogen-bond donors (Lipinski definition) is 1. The molecule has 0 aliphatic rings. The Hall–Kier alpha value is -1.32. The summed E-state index contributed by atoms with van der Waals surface area (Å²) in [5, 5.41) is 4.40. The van der Waals surface area contributed by atoms with Gasteiger partial charge in [0.15, 0.2) is 0 Å². The van der Waals surface area contributed by atoms with Crippen LogP contribution in [-0.4, -0.2) is 9.97 Å². The molecule has 2 aromatic rings. The van der Waals surface area contributed by atoms with Crippen molar-refractivity contribution < 1.29 is 0 Å². The van der Waals surface area contributed by atoms with E-state index in [2.05, 4.69) is 22.2 Å². The maximum Gasteiger partial charge on any atom is 0.138 e. The molecular weight excluding hydrogens is 281 g/mol. The quantitative estimate of drug-likeness (QED) is 0.824. The third-order valence-corrected chi connectivity index (χ3v) is 3.30. The molecule has 0 bridgehead atoms. The molecule has 2 rings (SSSR count). The molecule has 0 saturated carbocycles. The third kappa shape index (κ3) is 3.58. The van der Waals surface area contributed by atoms with Crippen molar-refractivity contribution >= 4 is 34.7 Å². The maximum absolute atomic E-state index is 6.14. The van der Waals surface area contributed by atoms with Gasteiger partial charge in [-0.05, 0) is 31.5 Å². The predicted octanol–water partition coefficient (Wildman–Crippen LogP) is 4.79. The second kappa shape index (κ2) is 6.22. The monoisotopic (exact) mass is 295 g/mol. The summed E-state index contributed by atoms with van der Waals surface area (Å²) in [6.45, 7) is 3.98. The van der Waals surface area contributed by atoms with Gasteiger partial charge < -0.3 is 5.32 Å². The van der Waals surface area contributed by atoms with Crippen LogP contribution in [0, 0.1) is 6.92 Å². The smallest absolute Gasteiger partial charge is 0.138 e. The second-order valence-electron chi connectivity index (χ2n) is 4.29. The number of anilines is 2. The minimum absolute atomic E-state index is 0.489. The Morgan fingerprint density at radius 2 is 2.00 bits per heavy atom.